The van der Waals surface area contributed by atoms with Crippen LogP contribution in [0.15, 0.2) is 54.6 Å². The summed E-state index contributed by atoms with van der Waals surface area (Å²) < 4.78 is 2.32. The van der Waals surface area contributed by atoms with E-state index in [2.05, 4.69) is 30.1 Å². The fraction of sp³-hybridized carbons (Fsp3) is 0.185. The molecular formula is C27H22N10O8. The first-order valence-electron chi connectivity index (χ1n) is 13.1. The molecule has 2 atom stereocenters. The summed E-state index contributed by atoms with van der Waals surface area (Å²) in [7, 11) is 0. The van der Waals surface area contributed by atoms with Gasteiger partial charge in [0.15, 0.2) is 17.5 Å². The fourth-order valence-corrected chi connectivity index (χ4v) is 4.19. The molecule has 18 nitrogen and oxygen atoms in total. The van der Waals surface area contributed by atoms with E-state index in [9.17, 15) is 40.0 Å². The van der Waals surface area contributed by atoms with Crippen molar-refractivity contribution < 1.29 is 29.6 Å². The summed E-state index contributed by atoms with van der Waals surface area (Å²) in [5.74, 6) is -4.73. The van der Waals surface area contributed by atoms with Gasteiger partial charge in [0.25, 0.3) is 17.3 Å². The van der Waals surface area contributed by atoms with Crippen molar-refractivity contribution >= 4 is 23.3 Å². The average molecular weight is 615 g/mol. The van der Waals surface area contributed by atoms with Gasteiger partial charge in [0.2, 0.25) is 0 Å². The molecule has 0 spiro atoms. The van der Waals surface area contributed by atoms with Crippen molar-refractivity contribution in [2.75, 3.05) is 0 Å². The van der Waals surface area contributed by atoms with Gasteiger partial charge in [-0.15, -0.1) is 10.2 Å². The van der Waals surface area contributed by atoms with Crippen LogP contribution in [0.25, 0.3) is 34.5 Å². The van der Waals surface area contributed by atoms with Crippen molar-refractivity contribution in [1.82, 2.24) is 39.5 Å². The molecule has 0 aliphatic heterocycles. The van der Waals surface area contributed by atoms with Gasteiger partial charge >= 0.3 is 11.9 Å². The molecule has 5 aromatic rings. The number of aryl methyl sites for hydroxylation is 1. The monoisotopic (exact) mass is 614 g/mol. The Bertz CT molecular complexity index is 1830. The highest BCUT2D eigenvalue weighted by Crippen LogP contribution is 2.27. The summed E-state index contributed by atoms with van der Waals surface area (Å²) >= 11 is 0. The second-order valence-corrected chi connectivity index (χ2v) is 9.81. The molecule has 0 saturated carbocycles. The third-order valence-electron chi connectivity index (χ3n) is 6.69. The maximum Gasteiger partial charge on any atom is 0.313 e. The van der Waals surface area contributed by atoms with Gasteiger partial charge in [-0.05, 0) is 45.0 Å². The number of carboxylic acid groups (broad SMARTS) is 2. The van der Waals surface area contributed by atoms with Crippen LogP contribution < -0.4 is 0 Å². The average Bonchev–Trinajstić information content (AvgIpc) is 3.66. The van der Waals surface area contributed by atoms with Crippen LogP contribution in [0.2, 0.25) is 0 Å². The van der Waals surface area contributed by atoms with Crippen molar-refractivity contribution in [2.24, 2.45) is 0 Å². The lowest BCUT2D eigenvalue weighted by Crippen LogP contribution is -2.18. The number of aromatic nitrogens is 8. The Morgan fingerprint density at radius 3 is 1.56 bits per heavy atom. The minimum Gasteiger partial charge on any atom is -0.481 e. The Morgan fingerprint density at radius 1 is 0.711 bits per heavy atom. The van der Waals surface area contributed by atoms with E-state index in [1.165, 1.54) is 73.1 Å². The summed E-state index contributed by atoms with van der Waals surface area (Å²) in [5, 5.41) is 50.6. The summed E-state index contributed by atoms with van der Waals surface area (Å²) in [6.45, 7) is 4.41. The molecule has 0 amide bonds. The molecule has 2 aromatic carbocycles. The first kappa shape index (κ1) is 30.0. The van der Waals surface area contributed by atoms with Gasteiger partial charge in [-0.2, -0.15) is 14.3 Å². The molecule has 0 fully saturated rings. The fourth-order valence-electron chi connectivity index (χ4n) is 4.19. The van der Waals surface area contributed by atoms with E-state index in [4.69, 9.17) is 0 Å². The summed E-state index contributed by atoms with van der Waals surface area (Å²) in [6, 6.07) is 12.3. The van der Waals surface area contributed by atoms with Crippen molar-refractivity contribution in [2.45, 2.75) is 32.6 Å². The normalized spacial score (nSPS) is 12.4. The highest BCUT2D eigenvalue weighted by molar-refractivity contribution is 5.75. The lowest BCUT2D eigenvalue weighted by Gasteiger charge is -2.12. The molecule has 3 aromatic heterocycles. The summed E-state index contributed by atoms with van der Waals surface area (Å²) in [4.78, 5) is 62.7. The largest absolute Gasteiger partial charge is 0.481 e. The van der Waals surface area contributed by atoms with Crippen LogP contribution in [0.1, 0.15) is 43.0 Å². The molecule has 0 radical (unpaired) electrons. The summed E-state index contributed by atoms with van der Waals surface area (Å²) in [6.07, 6.45) is 0. The number of non-ortho nitro benzene ring substituents is 2. The molecule has 228 valence electrons. The highest BCUT2D eigenvalue weighted by atomic mass is 16.6. The maximum atomic E-state index is 12.0. The topological polar surface area (TPSA) is 248 Å². The molecule has 45 heavy (non-hydrogen) atoms. The second-order valence-electron chi connectivity index (χ2n) is 9.81. The van der Waals surface area contributed by atoms with Crippen LogP contribution in [0, 0.1) is 27.2 Å². The number of hydrogen-bond donors (Lipinski definition) is 2. The summed E-state index contributed by atoms with van der Waals surface area (Å²) in [5.41, 5.74) is 0.813. The van der Waals surface area contributed by atoms with Crippen molar-refractivity contribution in [1.29, 1.82) is 0 Å². The molecule has 18 heteroatoms. The predicted molar refractivity (Wildman–Crippen MR) is 153 cm³/mol. The predicted octanol–water partition coefficient (Wildman–Crippen LogP) is 3.47. The van der Waals surface area contributed by atoms with Gasteiger partial charge < -0.3 is 10.2 Å². The Morgan fingerprint density at radius 2 is 1.13 bits per heavy atom. The smallest absolute Gasteiger partial charge is 0.313 e. The Labute approximate surface area is 252 Å². The first-order chi connectivity index (χ1) is 21.3. The lowest BCUT2D eigenvalue weighted by molar-refractivity contribution is -0.385. The molecule has 0 bridgehead atoms. The molecule has 2 unspecified atom stereocenters. The second kappa shape index (κ2) is 11.7. The number of carbonyl (C=O) groups is 2. The van der Waals surface area contributed by atoms with E-state index in [0.29, 0.717) is 16.8 Å². The quantitative estimate of drug-likeness (QED) is 0.169. The van der Waals surface area contributed by atoms with E-state index in [1.54, 1.807) is 6.92 Å². The molecule has 2 N–H and O–H groups in total. The third kappa shape index (κ3) is 5.91. The van der Waals surface area contributed by atoms with Gasteiger partial charge in [0.1, 0.15) is 23.5 Å². The van der Waals surface area contributed by atoms with E-state index < -0.39 is 33.6 Å². The van der Waals surface area contributed by atoms with Crippen molar-refractivity contribution in [3.05, 3.63) is 92.2 Å². The number of nitro benzene ring substituents is 2. The number of hydrogen-bond acceptors (Lipinski definition) is 12. The third-order valence-corrected chi connectivity index (χ3v) is 6.69. The first-order valence-corrected chi connectivity index (χ1v) is 13.1. The van der Waals surface area contributed by atoms with Gasteiger partial charge in [0.05, 0.1) is 9.85 Å². The van der Waals surface area contributed by atoms with E-state index >= 15 is 0 Å². The SMILES string of the molecule is Cc1cc(-n2nc(-c3ccc([N+](=O)[O-])cc3)nc2C(C)C(=O)O)nc(-n2nc(-c3ccc([N+](=O)[O-])cc3)nc2C(C)C(=O)O)n1. The molecule has 0 saturated heterocycles. The number of carboxylic acids is 2. The van der Waals surface area contributed by atoms with E-state index in [-0.39, 0.29) is 46.4 Å². The Kier molecular flexibility index (Phi) is 7.78. The van der Waals surface area contributed by atoms with Gasteiger partial charge in [-0.3, -0.25) is 29.8 Å². The lowest BCUT2D eigenvalue weighted by atomic mass is 10.1. The number of benzene rings is 2. The zero-order valence-corrected chi connectivity index (χ0v) is 23.7. The van der Waals surface area contributed by atoms with Crippen LogP contribution in [-0.4, -0.2) is 71.5 Å². The van der Waals surface area contributed by atoms with Crippen LogP contribution >= 0.6 is 0 Å². The van der Waals surface area contributed by atoms with Crippen LogP contribution in [0.3, 0.4) is 0 Å². The van der Waals surface area contributed by atoms with Gasteiger partial charge in [-0.1, -0.05) is 0 Å². The Balaban J connectivity index is 1.66. The molecule has 5 rings (SSSR count). The van der Waals surface area contributed by atoms with Gasteiger partial charge in [0, 0.05) is 47.2 Å². The van der Waals surface area contributed by atoms with Crippen molar-refractivity contribution in [3.63, 3.8) is 0 Å². The molecule has 0 aliphatic rings. The standard InChI is InChI=1S/C27H22N10O8/c1-13-12-20(34-23(14(2)25(38)39)30-21(32-34)16-4-8-18(9-5-16)36(42)43)29-27(28-13)35-24(15(3)26(40)41)31-22(33-35)17-6-10-19(11-7-17)37(44)45/h4-12,14-15H,1-3H3,(H,38,39)(H,40,41). The molecule has 3 heterocycles. The molecular weight excluding hydrogens is 592 g/mol. The number of rotatable bonds is 10. The Hall–Kier alpha value is -6.46. The number of nitro groups is 2. The van der Waals surface area contributed by atoms with Gasteiger partial charge in [-0.25, -0.2) is 15.0 Å². The minimum absolute atomic E-state index is 0.0100. The van der Waals surface area contributed by atoms with E-state index in [1.807, 2.05) is 0 Å². The maximum absolute atomic E-state index is 12.0. The number of aliphatic carboxylic acids is 2. The zero-order chi connectivity index (χ0) is 32.6. The number of nitrogens with zero attached hydrogens (tertiary/aromatic N) is 10. The van der Waals surface area contributed by atoms with E-state index in [0.717, 1.165) is 4.68 Å². The molecule has 0 aliphatic carbocycles. The highest BCUT2D eigenvalue weighted by Gasteiger charge is 2.28. The van der Waals surface area contributed by atoms with Crippen LogP contribution in [0.4, 0.5) is 11.4 Å². The van der Waals surface area contributed by atoms with Crippen molar-refractivity contribution in [3.8, 4) is 34.5 Å². The zero-order valence-electron chi connectivity index (χ0n) is 23.7. The van der Waals surface area contributed by atoms with Crippen LogP contribution in [-0.2, 0) is 9.59 Å². The minimum atomic E-state index is -1.21. The van der Waals surface area contributed by atoms with Crippen LogP contribution in [0.5, 0.6) is 0 Å².